The lowest BCUT2D eigenvalue weighted by Crippen LogP contribution is -2.30. The number of aromatic nitrogens is 1. The topological polar surface area (TPSA) is 46.2 Å². The van der Waals surface area contributed by atoms with Crippen molar-refractivity contribution in [2.45, 2.75) is 13.3 Å². The molecule has 4 nitrogen and oxygen atoms in total. The van der Waals surface area contributed by atoms with Crippen molar-refractivity contribution in [3.05, 3.63) is 21.3 Å². The second-order valence-electron chi connectivity index (χ2n) is 3.62. The lowest BCUT2D eigenvalue weighted by Gasteiger charge is -2.12. The number of nitrogens with one attached hydrogen (secondary N) is 2. The molecule has 0 atom stereocenters. The van der Waals surface area contributed by atoms with Crippen molar-refractivity contribution in [3.63, 3.8) is 0 Å². The van der Waals surface area contributed by atoms with E-state index in [1.807, 2.05) is 6.92 Å². The molecule has 0 aliphatic carbocycles. The van der Waals surface area contributed by atoms with Crippen LogP contribution in [0.25, 0.3) is 0 Å². The Labute approximate surface area is 126 Å². The summed E-state index contributed by atoms with van der Waals surface area (Å²) in [5, 5.41) is 7.09. The molecule has 0 bridgehead atoms. The Morgan fingerprint density at radius 2 is 2.33 bits per heavy atom. The zero-order valence-corrected chi connectivity index (χ0v) is 13.4. The van der Waals surface area contributed by atoms with Gasteiger partial charge in [-0.2, -0.15) is 0 Å². The standard InChI is InChI=1S/C11H15BrClN3OS/c1-7-8(12)6-15-10(9(7)13)16-11(18)14-4-3-5-17-2/h6H,3-5H2,1-2H3,(H2,14,15,16,18). The molecule has 1 heterocycles. The molecule has 0 amide bonds. The van der Waals surface area contributed by atoms with Gasteiger partial charge in [-0.3, -0.25) is 0 Å². The van der Waals surface area contributed by atoms with Crippen LogP contribution in [0.3, 0.4) is 0 Å². The van der Waals surface area contributed by atoms with Crippen LogP contribution in [0.2, 0.25) is 5.02 Å². The van der Waals surface area contributed by atoms with Crippen LogP contribution >= 0.6 is 39.7 Å². The average molecular weight is 353 g/mol. The lowest BCUT2D eigenvalue weighted by atomic mass is 10.3. The van der Waals surface area contributed by atoms with Crippen molar-refractivity contribution >= 4 is 50.7 Å². The largest absolute Gasteiger partial charge is 0.385 e. The van der Waals surface area contributed by atoms with Crippen molar-refractivity contribution in [1.82, 2.24) is 10.3 Å². The van der Waals surface area contributed by atoms with Crippen LogP contribution in [0.1, 0.15) is 12.0 Å². The zero-order valence-electron chi connectivity index (χ0n) is 10.2. The van der Waals surface area contributed by atoms with Gasteiger partial charge < -0.3 is 15.4 Å². The van der Waals surface area contributed by atoms with Crippen LogP contribution in [-0.4, -0.2) is 30.4 Å². The molecule has 0 saturated carbocycles. The highest BCUT2D eigenvalue weighted by atomic mass is 79.9. The van der Waals surface area contributed by atoms with Gasteiger partial charge in [-0.05, 0) is 47.1 Å². The lowest BCUT2D eigenvalue weighted by molar-refractivity contribution is 0.196. The average Bonchev–Trinajstić information content (AvgIpc) is 2.35. The highest BCUT2D eigenvalue weighted by Crippen LogP contribution is 2.28. The van der Waals surface area contributed by atoms with Crippen molar-refractivity contribution in [2.75, 3.05) is 25.6 Å². The first-order chi connectivity index (χ1) is 8.56. The van der Waals surface area contributed by atoms with Gasteiger partial charge in [0.1, 0.15) is 0 Å². The number of thiocarbonyl (C=S) groups is 1. The third kappa shape index (κ3) is 4.68. The van der Waals surface area contributed by atoms with E-state index in [0.29, 0.717) is 22.6 Å². The third-order valence-corrected chi connectivity index (χ3v) is 3.75. The van der Waals surface area contributed by atoms with Gasteiger partial charge in [0, 0.05) is 30.9 Å². The fourth-order valence-electron chi connectivity index (χ4n) is 1.21. The van der Waals surface area contributed by atoms with E-state index < -0.39 is 0 Å². The van der Waals surface area contributed by atoms with Gasteiger partial charge in [0.25, 0.3) is 0 Å². The highest BCUT2D eigenvalue weighted by Gasteiger charge is 2.09. The van der Waals surface area contributed by atoms with E-state index in [4.69, 9.17) is 28.6 Å². The molecule has 0 unspecified atom stereocenters. The maximum atomic E-state index is 6.16. The third-order valence-electron chi connectivity index (χ3n) is 2.25. The van der Waals surface area contributed by atoms with Gasteiger partial charge in [-0.15, -0.1) is 0 Å². The molecule has 0 fully saturated rings. The Bertz CT molecular complexity index is 431. The van der Waals surface area contributed by atoms with Crippen molar-refractivity contribution < 1.29 is 4.74 Å². The molecule has 2 N–H and O–H groups in total. The monoisotopic (exact) mass is 351 g/mol. The minimum Gasteiger partial charge on any atom is -0.385 e. The summed E-state index contributed by atoms with van der Waals surface area (Å²) in [5.41, 5.74) is 0.927. The summed E-state index contributed by atoms with van der Waals surface area (Å²) in [7, 11) is 1.67. The molecule has 1 aromatic heterocycles. The SMILES string of the molecule is COCCCNC(=S)Nc1ncc(Br)c(C)c1Cl. The summed E-state index contributed by atoms with van der Waals surface area (Å²) in [4.78, 5) is 4.18. The van der Waals surface area contributed by atoms with Crippen LogP contribution in [0.5, 0.6) is 0 Å². The molecule has 0 saturated heterocycles. The zero-order chi connectivity index (χ0) is 13.5. The van der Waals surface area contributed by atoms with Gasteiger partial charge in [0.2, 0.25) is 0 Å². The van der Waals surface area contributed by atoms with E-state index in [9.17, 15) is 0 Å². The Morgan fingerprint density at radius 3 is 3.00 bits per heavy atom. The van der Waals surface area contributed by atoms with E-state index in [1.54, 1.807) is 13.3 Å². The number of anilines is 1. The van der Waals surface area contributed by atoms with Gasteiger partial charge in [0.05, 0.1) is 5.02 Å². The summed E-state index contributed by atoms with van der Waals surface area (Å²) < 4.78 is 5.82. The highest BCUT2D eigenvalue weighted by molar-refractivity contribution is 9.10. The molecule has 1 aromatic rings. The molecule has 0 spiro atoms. The van der Waals surface area contributed by atoms with Gasteiger partial charge in [-0.25, -0.2) is 4.98 Å². The number of hydrogen-bond donors (Lipinski definition) is 2. The Kier molecular flexibility index (Phi) is 6.85. The first-order valence-electron chi connectivity index (χ1n) is 5.40. The molecule has 0 aliphatic rings. The molecular weight excluding hydrogens is 338 g/mol. The van der Waals surface area contributed by atoms with Crippen LogP contribution in [0, 0.1) is 6.92 Å². The molecule has 0 radical (unpaired) electrons. The Hall–Kier alpha value is -0.430. The molecule has 0 aliphatic heterocycles. The summed E-state index contributed by atoms with van der Waals surface area (Å²) in [5.74, 6) is 0.557. The quantitative estimate of drug-likeness (QED) is 0.630. The Morgan fingerprint density at radius 1 is 1.61 bits per heavy atom. The number of methoxy groups -OCH3 is 1. The van der Waals surface area contributed by atoms with E-state index in [2.05, 4.69) is 31.5 Å². The molecule has 1 rings (SSSR count). The van der Waals surface area contributed by atoms with Gasteiger partial charge in [0.15, 0.2) is 10.9 Å². The minimum absolute atomic E-state index is 0.502. The summed E-state index contributed by atoms with van der Waals surface area (Å²) in [6.45, 7) is 3.35. The van der Waals surface area contributed by atoms with Crippen molar-refractivity contribution in [1.29, 1.82) is 0 Å². The second kappa shape index (κ2) is 7.89. The smallest absolute Gasteiger partial charge is 0.171 e. The van der Waals surface area contributed by atoms with Crippen LogP contribution < -0.4 is 10.6 Å². The predicted octanol–water partition coefficient (Wildman–Crippen LogP) is 3.13. The summed E-state index contributed by atoms with van der Waals surface area (Å²) >= 11 is 14.7. The second-order valence-corrected chi connectivity index (χ2v) is 5.26. The van der Waals surface area contributed by atoms with Gasteiger partial charge in [-0.1, -0.05) is 11.6 Å². The van der Waals surface area contributed by atoms with Gasteiger partial charge >= 0.3 is 0 Å². The normalized spacial score (nSPS) is 10.2. The number of nitrogens with zero attached hydrogens (tertiary/aromatic N) is 1. The van der Waals surface area contributed by atoms with E-state index in [0.717, 1.165) is 23.0 Å². The molecule has 0 aromatic carbocycles. The van der Waals surface area contributed by atoms with Crippen LogP contribution in [0.15, 0.2) is 10.7 Å². The van der Waals surface area contributed by atoms with E-state index >= 15 is 0 Å². The fraction of sp³-hybridized carbons (Fsp3) is 0.455. The summed E-state index contributed by atoms with van der Waals surface area (Å²) in [6.07, 6.45) is 2.58. The number of halogens is 2. The minimum atomic E-state index is 0.502. The fourth-order valence-corrected chi connectivity index (χ4v) is 2.03. The first-order valence-corrected chi connectivity index (χ1v) is 6.98. The molecule has 18 heavy (non-hydrogen) atoms. The van der Waals surface area contributed by atoms with Crippen LogP contribution in [-0.2, 0) is 4.74 Å². The number of rotatable bonds is 5. The molecular formula is C11H15BrClN3OS. The number of hydrogen-bond acceptors (Lipinski definition) is 3. The Balaban J connectivity index is 2.52. The van der Waals surface area contributed by atoms with Crippen LogP contribution in [0.4, 0.5) is 5.82 Å². The number of pyridine rings is 1. The first kappa shape index (κ1) is 15.6. The maximum absolute atomic E-state index is 6.16. The van der Waals surface area contributed by atoms with Crippen molar-refractivity contribution in [2.24, 2.45) is 0 Å². The predicted molar refractivity (Wildman–Crippen MR) is 82.4 cm³/mol. The number of ether oxygens (including phenoxy) is 1. The van der Waals surface area contributed by atoms with Crippen molar-refractivity contribution in [3.8, 4) is 0 Å². The summed E-state index contributed by atoms with van der Waals surface area (Å²) in [6, 6.07) is 0. The van der Waals surface area contributed by atoms with E-state index in [-0.39, 0.29) is 0 Å². The molecule has 100 valence electrons. The maximum Gasteiger partial charge on any atom is 0.171 e. The van der Waals surface area contributed by atoms with E-state index in [1.165, 1.54) is 0 Å². The molecule has 7 heteroatoms.